The number of hydrogen-bond donors (Lipinski definition) is 0. The zero-order valence-corrected chi connectivity index (χ0v) is 19.1. The molecule has 4 aromatic carbocycles. The van der Waals surface area contributed by atoms with Crippen LogP contribution in [0, 0.1) is 20.8 Å². The van der Waals surface area contributed by atoms with Crippen molar-refractivity contribution in [3.8, 4) is 17.1 Å². The van der Waals surface area contributed by atoms with Gasteiger partial charge in [0.2, 0.25) is 0 Å². The standard InChI is InChI=1S/C29H21N3O2/c1-16-11-12-20-23-14-17(2)26(18(3)27(23)34-25(20)13-16)32-29(30-15-31-32)22-9-6-8-21-19-7-4-5-10-24(19)33-28(21)22/h4-15H,1-3H3. The van der Waals surface area contributed by atoms with Gasteiger partial charge in [0.05, 0.1) is 11.3 Å². The van der Waals surface area contributed by atoms with Gasteiger partial charge in [-0.15, -0.1) is 0 Å². The van der Waals surface area contributed by atoms with E-state index in [1.807, 2.05) is 35.0 Å². The average Bonchev–Trinajstić information content (AvgIpc) is 3.54. The largest absolute Gasteiger partial charge is 0.456 e. The van der Waals surface area contributed by atoms with Crippen molar-refractivity contribution < 1.29 is 8.83 Å². The van der Waals surface area contributed by atoms with Crippen LogP contribution in [-0.2, 0) is 0 Å². The molecule has 0 bridgehead atoms. The zero-order valence-electron chi connectivity index (χ0n) is 19.1. The topological polar surface area (TPSA) is 57.0 Å². The highest BCUT2D eigenvalue weighted by Crippen LogP contribution is 2.39. The van der Waals surface area contributed by atoms with Crippen molar-refractivity contribution in [2.24, 2.45) is 0 Å². The molecule has 0 aliphatic carbocycles. The van der Waals surface area contributed by atoms with E-state index in [-0.39, 0.29) is 0 Å². The molecule has 0 unspecified atom stereocenters. The molecule has 3 aromatic heterocycles. The summed E-state index contributed by atoms with van der Waals surface area (Å²) in [5.41, 5.74) is 8.66. The van der Waals surface area contributed by atoms with Crippen LogP contribution < -0.4 is 0 Å². The summed E-state index contributed by atoms with van der Waals surface area (Å²) in [5, 5.41) is 9.05. The van der Waals surface area contributed by atoms with Crippen LogP contribution in [0.25, 0.3) is 61.0 Å². The van der Waals surface area contributed by atoms with Crippen LogP contribution in [0.4, 0.5) is 0 Å². The number of rotatable bonds is 2. The predicted molar refractivity (Wildman–Crippen MR) is 136 cm³/mol. The van der Waals surface area contributed by atoms with Crippen LogP contribution in [0.2, 0.25) is 0 Å². The normalized spacial score (nSPS) is 12.0. The van der Waals surface area contributed by atoms with E-state index in [1.165, 1.54) is 5.56 Å². The lowest BCUT2D eigenvalue weighted by Crippen LogP contribution is -2.05. The van der Waals surface area contributed by atoms with E-state index in [0.717, 1.165) is 72.1 Å². The number of benzene rings is 4. The van der Waals surface area contributed by atoms with E-state index in [4.69, 9.17) is 8.83 Å². The quantitative estimate of drug-likeness (QED) is 0.275. The third-order valence-electron chi connectivity index (χ3n) is 6.72. The van der Waals surface area contributed by atoms with Crippen molar-refractivity contribution in [1.29, 1.82) is 0 Å². The number of hydrogen-bond acceptors (Lipinski definition) is 4. The molecule has 164 valence electrons. The van der Waals surface area contributed by atoms with E-state index >= 15 is 0 Å². The van der Waals surface area contributed by atoms with Crippen molar-refractivity contribution in [1.82, 2.24) is 14.8 Å². The van der Waals surface area contributed by atoms with Gasteiger partial charge in [-0.1, -0.05) is 42.5 Å². The molecule has 0 aliphatic rings. The third-order valence-corrected chi connectivity index (χ3v) is 6.72. The van der Waals surface area contributed by atoms with Gasteiger partial charge in [0.15, 0.2) is 5.82 Å². The highest BCUT2D eigenvalue weighted by Gasteiger charge is 2.21. The number of aryl methyl sites for hydroxylation is 3. The fourth-order valence-corrected chi connectivity index (χ4v) is 5.17. The lowest BCUT2D eigenvalue weighted by atomic mass is 10.0. The van der Waals surface area contributed by atoms with Crippen molar-refractivity contribution in [2.75, 3.05) is 0 Å². The minimum Gasteiger partial charge on any atom is -0.456 e. The van der Waals surface area contributed by atoms with Gasteiger partial charge in [0, 0.05) is 27.1 Å². The smallest absolute Gasteiger partial charge is 0.166 e. The van der Waals surface area contributed by atoms with Crippen molar-refractivity contribution >= 4 is 43.9 Å². The summed E-state index contributed by atoms with van der Waals surface area (Å²) in [7, 11) is 0. The van der Waals surface area contributed by atoms with Crippen LogP contribution in [0.3, 0.4) is 0 Å². The lowest BCUT2D eigenvalue weighted by Gasteiger charge is -2.13. The Morgan fingerprint density at radius 1 is 0.706 bits per heavy atom. The highest BCUT2D eigenvalue weighted by molar-refractivity contribution is 6.09. The number of furan rings is 2. The molecule has 34 heavy (non-hydrogen) atoms. The van der Waals surface area contributed by atoms with Gasteiger partial charge >= 0.3 is 0 Å². The summed E-state index contributed by atoms with van der Waals surface area (Å²) in [5.74, 6) is 0.738. The maximum atomic E-state index is 6.33. The summed E-state index contributed by atoms with van der Waals surface area (Å²) in [6, 6.07) is 22.8. The fourth-order valence-electron chi connectivity index (χ4n) is 5.17. The molecule has 5 heteroatoms. The average molecular weight is 444 g/mol. The van der Waals surface area contributed by atoms with Gasteiger partial charge in [-0.25, -0.2) is 9.67 Å². The molecule has 3 heterocycles. The molecule has 0 amide bonds. The second kappa shape index (κ2) is 6.81. The Balaban J connectivity index is 1.50. The van der Waals surface area contributed by atoms with Crippen LogP contribution in [-0.4, -0.2) is 14.8 Å². The van der Waals surface area contributed by atoms with Crippen molar-refractivity contribution in [3.05, 3.63) is 89.7 Å². The first-order chi connectivity index (χ1) is 16.6. The summed E-state index contributed by atoms with van der Waals surface area (Å²) < 4.78 is 14.5. The maximum Gasteiger partial charge on any atom is 0.166 e. The number of nitrogens with zero attached hydrogens (tertiary/aromatic N) is 3. The fraction of sp³-hybridized carbons (Fsp3) is 0.103. The first-order valence-corrected chi connectivity index (χ1v) is 11.3. The van der Waals surface area contributed by atoms with Crippen LogP contribution in [0.15, 0.2) is 81.9 Å². The van der Waals surface area contributed by atoms with Crippen LogP contribution >= 0.6 is 0 Å². The van der Waals surface area contributed by atoms with Gasteiger partial charge in [-0.05, 0) is 56.2 Å². The molecule has 0 N–H and O–H groups in total. The Hall–Kier alpha value is -4.38. The molecule has 0 radical (unpaired) electrons. The van der Waals surface area contributed by atoms with Gasteiger partial charge < -0.3 is 8.83 Å². The minimum absolute atomic E-state index is 0.738. The Bertz CT molecular complexity index is 1900. The Morgan fingerprint density at radius 3 is 2.41 bits per heavy atom. The van der Waals surface area contributed by atoms with Crippen molar-refractivity contribution in [2.45, 2.75) is 20.8 Å². The summed E-state index contributed by atoms with van der Waals surface area (Å²) in [4.78, 5) is 4.66. The lowest BCUT2D eigenvalue weighted by molar-refractivity contribution is 0.664. The molecule has 0 atom stereocenters. The molecular formula is C29H21N3O2. The van der Waals surface area contributed by atoms with E-state index in [2.05, 4.69) is 67.3 Å². The zero-order chi connectivity index (χ0) is 23.0. The minimum atomic E-state index is 0.738. The number of fused-ring (bicyclic) bond motifs is 6. The maximum absolute atomic E-state index is 6.33. The van der Waals surface area contributed by atoms with Gasteiger partial charge in [-0.3, -0.25) is 0 Å². The summed E-state index contributed by atoms with van der Waals surface area (Å²) in [6.07, 6.45) is 1.60. The van der Waals surface area contributed by atoms with Crippen molar-refractivity contribution in [3.63, 3.8) is 0 Å². The van der Waals surface area contributed by atoms with E-state index < -0.39 is 0 Å². The molecule has 7 rings (SSSR count). The van der Waals surface area contributed by atoms with Gasteiger partial charge in [0.1, 0.15) is 28.7 Å². The monoisotopic (exact) mass is 443 g/mol. The molecule has 0 saturated carbocycles. The number of aromatic nitrogens is 3. The van der Waals surface area contributed by atoms with E-state index in [0.29, 0.717) is 0 Å². The summed E-state index contributed by atoms with van der Waals surface area (Å²) >= 11 is 0. The number of para-hydroxylation sites is 2. The molecule has 0 aliphatic heterocycles. The molecule has 5 nitrogen and oxygen atoms in total. The second-order valence-electron chi connectivity index (χ2n) is 8.92. The molecule has 0 saturated heterocycles. The molecular weight excluding hydrogens is 422 g/mol. The first kappa shape index (κ1) is 19.1. The van der Waals surface area contributed by atoms with Crippen LogP contribution in [0.1, 0.15) is 16.7 Å². The molecule has 0 spiro atoms. The van der Waals surface area contributed by atoms with Gasteiger partial charge in [0.25, 0.3) is 0 Å². The Labute approximate surface area is 195 Å². The van der Waals surface area contributed by atoms with E-state index in [9.17, 15) is 0 Å². The Kier molecular flexibility index (Phi) is 3.83. The Morgan fingerprint density at radius 2 is 1.50 bits per heavy atom. The van der Waals surface area contributed by atoms with Gasteiger partial charge in [-0.2, -0.15) is 5.10 Å². The first-order valence-electron chi connectivity index (χ1n) is 11.3. The molecule has 7 aromatic rings. The third kappa shape index (κ3) is 2.55. The second-order valence-corrected chi connectivity index (χ2v) is 8.92. The SMILES string of the molecule is Cc1ccc2c(c1)oc1c(C)c(-n3ncnc3-c3cccc4c3oc3ccccc34)c(C)cc12. The highest BCUT2D eigenvalue weighted by atomic mass is 16.3. The molecule has 0 fully saturated rings. The summed E-state index contributed by atoms with van der Waals surface area (Å²) in [6.45, 7) is 6.28. The predicted octanol–water partition coefficient (Wildman–Crippen LogP) is 7.66. The van der Waals surface area contributed by atoms with Crippen LogP contribution in [0.5, 0.6) is 0 Å². The van der Waals surface area contributed by atoms with E-state index in [1.54, 1.807) is 6.33 Å².